The first-order valence-corrected chi connectivity index (χ1v) is 5.34. The lowest BCUT2D eigenvalue weighted by atomic mass is 10.1. The standard InChI is InChI=1S/C8H19NS/c1-8(7-9-2)5-4-6-10-3/h8-9H,4-7H2,1-3H3. The van der Waals surface area contributed by atoms with Gasteiger partial charge in [-0.05, 0) is 44.4 Å². The lowest BCUT2D eigenvalue weighted by Gasteiger charge is -2.08. The fourth-order valence-corrected chi connectivity index (χ4v) is 1.48. The molecule has 0 saturated heterocycles. The van der Waals surface area contributed by atoms with Crippen LogP contribution < -0.4 is 5.32 Å². The van der Waals surface area contributed by atoms with Gasteiger partial charge in [0.15, 0.2) is 0 Å². The Hall–Kier alpha value is 0.310. The Morgan fingerprint density at radius 3 is 2.70 bits per heavy atom. The van der Waals surface area contributed by atoms with E-state index in [-0.39, 0.29) is 0 Å². The molecule has 0 heterocycles. The molecule has 0 aliphatic rings. The Kier molecular flexibility index (Phi) is 7.65. The van der Waals surface area contributed by atoms with Crippen LogP contribution in [0.1, 0.15) is 19.8 Å². The third kappa shape index (κ3) is 6.43. The van der Waals surface area contributed by atoms with Gasteiger partial charge in [0, 0.05) is 0 Å². The van der Waals surface area contributed by atoms with Gasteiger partial charge < -0.3 is 5.32 Å². The van der Waals surface area contributed by atoms with Crippen molar-refractivity contribution in [3.05, 3.63) is 0 Å². The summed E-state index contributed by atoms with van der Waals surface area (Å²) in [5.41, 5.74) is 0. The highest BCUT2D eigenvalue weighted by Gasteiger charge is 1.98. The summed E-state index contributed by atoms with van der Waals surface area (Å²) >= 11 is 1.94. The summed E-state index contributed by atoms with van der Waals surface area (Å²) in [5, 5.41) is 3.19. The maximum atomic E-state index is 3.19. The SMILES string of the molecule is CNCC(C)CCCSC. The van der Waals surface area contributed by atoms with Gasteiger partial charge >= 0.3 is 0 Å². The molecule has 1 unspecified atom stereocenters. The molecule has 0 aliphatic heterocycles. The zero-order valence-corrected chi connectivity index (χ0v) is 8.13. The van der Waals surface area contributed by atoms with Crippen molar-refractivity contribution >= 4 is 11.8 Å². The summed E-state index contributed by atoms with van der Waals surface area (Å²) in [5.74, 6) is 2.16. The van der Waals surface area contributed by atoms with Gasteiger partial charge in [-0.25, -0.2) is 0 Å². The summed E-state index contributed by atoms with van der Waals surface area (Å²) in [6, 6.07) is 0. The van der Waals surface area contributed by atoms with E-state index in [0.717, 1.165) is 12.5 Å². The van der Waals surface area contributed by atoms with Gasteiger partial charge in [0.05, 0.1) is 0 Å². The van der Waals surface area contributed by atoms with Crippen molar-refractivity contribution in [3.63, 3.8) is 0 Å². The predicted molar refractivity (Wildman–Crippen MR) is 50.7 cm³/mol. The molecule has 2 heteroatoms. The minimum Gasteiger partial charge on any atom is -0.319 e. The fourth-order valence-electron chi connectivity index (χ4n) is 1.03. The van der Waals surface area contributed by atoms with Crippen molar-refractivity contribution in [1.82, 2.24) is 5.32 Å². The molecule has 0 aromatic rings. The minimum atomic E-state index is 0.845. The molecule has 62 valence electrons. The molecule has 1 atom stereocenters. The molecule has 0 radical (unpaired) electrons. The van der Waals surface area contributed by atoms with Crippen LogP contribution in [-0.2, 0) is 0 Å². The first-order valence-electron chi connectivity index (χ1n) is 3.94. The highest BCUT2D eigenvalue weighted by Crippen LogP contribution is 2.06. The van der Waals surface area contributed by atoms with Crippen molar-refractivity contribution in [2.24, 2.45) is 5.92 Å². The van der Waals surface area contributed by atoms with Crippen LogP contribution in [0.5, 0.6) is 0 Å². The van der Waals surface area contributed by atoms with Crippen LogP contribution in [0.3, 0.4) is 0 Å². The Balaban J connectivity index is 2.97. The number of thioether (sulfide) groups is 1. The normalized spacial score (nSPS) is 13.5. The third-order valence-corrected chi connectivity index (χ3v) is 2.29. The summed E-state index contributed by atoms with van der Waals surface area (Å²) in [4.78, 5) is 0. The first kappa shape index (κ1) is 10.3. The van der Waals surface area contributed by atoms with Gasteiger partial charge in [0.1, 0.15) is 0 Å². The number of hydrogen-bond acceptors (Lipinski definition) is 2. The Labute approximate surface area is 69.0 Å². The van der Waals surface area contributed by atoms with E-state index in [4.69, 9.17) is 0 Å². The Bertz CT molecular complexity index is 66.3. The van der Waals surface area contributed by atoms with Gasteiger partial charge in [-0.1, -0.05) is 6.92 Å². The van der Waals surface area contributed by atoms with Crippen molar-refractivity contribution < 1.29 is 0 Å². The van der Waals surface area contributed by atoms with Gasteiger partial charge in [-0.2, -0.15) is 11.8 Å². The van der Waals surface area contributed by atoms with Gasteiger partial charge in [-0.15, -0.1) is 0 Å². The molecular formula is C8H19NS. The molecule has 0 aromatic carbocycles. The van der Waals surface area contributed by atoms with Crippen LogP contribution in [0.15, 0.2) is 0 Å². The average Bonchev–Trinajstić information content (AvgIpc) is 1.89. The van der Waals surface area contributed by atoms with E-state index in [0.29, 0.717) is 0 Å². The second-order valence-corrected chi connectivity index (χ2v) is 3.78. The van der Waals surface area contributed by atoms with Crippen LogP contribution in [0, 0.1) is 5.92 Å². The van der Waals surface area contributed by atoms with Crippen LogP contribution >= 0.6 is 11.8 Å². The molecule has 0 aliphatic carbocycles. The Morgan fingerprint density at radius 1 is 1.50 bits per heavy atom. The molecule has 0 aromatic heterocycles. The second-order valence-electron chi connectivity index (χ2n) is 2.80. The first-order chi connectivity index (χ1) is 4.81. The smallest absolute Gasteiger partial charge is 0.00262 e. The van der Waals surface area contributed by atoms with E-state index < -0.39 is 0 Å². The number of rotatable bonds is 6. The van der Waals surface area contributed by atoms with E-state index in [9.17, 15) is 0 Å². The molecule has 0 saturated carbocycles. The number of nitrogens with one attached hydrogen (secondary N) is 1. The van der Waals surface area contributed by atoms with E-state index in [1.165, 1.54) is 18.6 Å². The summed E-state index contributed by atoms with van der Waals surface area (Å²) in [7, 11) is 2.02. The quantitative estimate of drug-likeness (QED) is 0.598. The molecule has 0 amide bonds. The molecule has 0 bridgehead atoms. The summed E-state index contributed by atoms with van der Waals surface area (Å²) in [6.45, 7) is 3.46. The lowest BCUT2D eigenvalue weighted by Crippen LogP contribution is -2.16. The topological polar surface area (TPSA) is 12.0 Å². The van der Waals surface area contributed by atoms with E-state index in [2.05, 4.69) is 18.5 Å². The maximum absolute atomic E-state index is 3.19. The monoisotopic (exact) mass is 161 g/mol. The van der Waals surface area contributed by atoms with Crippen LogP contribution in [-0.4, -0.2) is 25.6 Å². The summed E-state index contributed by atoms with van der Waals surface area (Å²) < 4.78 is 0. The molecule has 1 N–H and O–H groups in total. The third-order valence-electron chi connectivity index (χ3n) is 1.60. The minimum absolute atomic E-state index is 0.845. The van der Waals surface area contributed by atoms with E-state index >= 15 is 0 Å². The zero-order chi connectivity index (χ0) is 7.82. The maximum Gasteiger partial charge on any atom is -0.00262 e. The van der Waals surface area contributed by atoms with Crippen molar-refractivity contribution in [2.45, 2.75) is 19.8 Å². The lowest BCUT2D eigenvalue weighted by molar-refractivity contribution is 0.500. The predicted octanol–water partition coefficient (Wildman–Crippen LogP) is 1.99. The molecule has 10 heavy (non-hydrogen) atoms. The number of hydrogen-bond donors (Lipinski definition) is 1. The van der Waals surface area contributed by atoms with Crippen molar-refractivity contribution in [3.8, 4) is 0 Å². The van der Waals surface area contributed by atoms with Crippen LogP contribution in [0.2, 0.25) is 0 Å². The Morgan fingerprint density at radius 2 is 2.20 bits per heavy atom. The highest BCUT2D eigenvalue weighted by atomic mass is 32.2. The summed E-state index contributed by atoms with van der Waals surface area (Å²) in [6.07, 6.45) is 4.90. The second kappa shape index (κ2) is 7.42. The van der Waals surface area contributed by atoms with E-state index in [1.807, 2.05) is 18.8 Å². The molecule has 1 nitrogen and oxygen atoms in total. The fraction of sp³-hybridized carbons (Fsp3) is 1.00. The van der Waals surface area contributed by atoms with Gasteiger partial charge in [0.25, 0.3) is 0 Å². The molecule has 0 fully saturated rings. The van der Waals surface area contributed by atoms with E-state index in [1.54, 1.807) is 0 Å². The van der Waals surface area contributed by atoms with Gasteiger partial charge in [-0.3, -0.25) is 0 Å². The molecular weight excluding hydrogens is 142 g/mol. The van der Waals surface area contributed by atoms with Crippen molar-refractivity contribution in [2.75, 3.05) is 25.6 Å². The van der Waals surface area contributed by atoms with Crippen LogP contribution in [0.25, 0.3) is 0 Å². The van der Waals surface area contributed by atoms with Gasteiger partial charge in [0.2, 0.25) is 0 Å². The molecule has 0 rings (SSSR count). The van der Waals surface area contributed by atoms with Crippen molar-refractivity contribution in [1.29, 1.82) is 0 Å². The van der Waals surface area contributed by atoms with Crippen LogP contribution in [0.4, 0.5) is 0 Å². The highest BCUT2D eigenvalue weighted by molar-refractivity contribution is 7.98. The average molecular weight is 161 g/mol. The largest absolute Gasteiger partial charge is 0.319 e. The zero-order valence-electron chi connectivity index (χ0n) is 7.31. The molecule has 0 spiro atoms.